The number of aryl methyl sites for hydroxylation is 1. The number of halogens is 2. The Balaban J connectivity index is 3.05. The third-order valence-electron chi connectivity index (χ3n) is 2.58. The molecule has 0 bridgehead atoms. The van der Waals surface area contributed by atoms with E-state index in [-0.39, 0.29) is 5.56 Å². The molecule has 1 aromatic rings. The molecule has 3 heteroatoms. The summed E-state index contributed by atoms with van der Waals surface area (Å²) in [6, 6.07) is 4.56. The van der Waals surface area contributed by atoms with Gasteiger partial charge in [-0.05, 0) is 37.6 Å². The minimum atomic E-state index is -2.78. The predicted octanol–water partition coefficient (Wildman–Crippen LogP) is 4.14. The van der Waals surface area contributed by atoms with Crippen LogP contribution in [0.1, 0.15) is 31.9 Å². The lowest BCUT2D eigenvalue weighted by Gasteiger charge is -2.21. The van der Waals surface area contributed by atoms with E-state index in [2.05, 4.69) is 0 Å². The second-order valence-corrected chi connectivity index (χ2v) is 4.19. The first-order valence-corrected chi connectivity index (χ1v) is 5.51. The zero-order valence-corrected chi connectivity index (χ0v) is 10.2. The Kier molecular flexibility index (Phi) is 3.89. The summed E-state index contributed by atoms with van der Waals surface area (Å²) in [5.41, 5.74) is 0.808. The molecule has 16 heavy (non-hydrogen) atoms. The second kappa shape index (κ2) is 4.81. The topological polar surface area (TPSA) is 9.23 Å². The van der Waals surface area contributed by atoms with Crippen LogP contribution in [0.4, 0.5) is 8.78 Å². The van der Waals surface area contributed by atoms with Crippen LogP contribution in [0.5, 0.6) is 5.75 Å². The Morgan fingerprint density at radius 1 is 1.31 bits per heavy atom. The molecule has 0 heterocycles. The average molecular weight is 228 g/mol. The van der Waals surface area contributed by atoms with Gasteiger partial charge >= 0.3 is 0 Å². The first-order chi connectivity index (χ1) is 7.39. The largest absolute Gasteiger partial charge is 0.494 e. The van der Waals surface area contributed by atoms with E-state index in [0.29, 0.717) is 12.4 Å². The molecule has 0 amide bonds. The van der Waals surface area contributed by atoms with Crippen LogP contribution in [0, 0.1) is 12.8 Å². The number of benzene rings is 1. The molecule has 0 aliphatic heterocycles. The van der Waals surface area contributed by atoms with Gasteiger partial charge in [0.05, 0.1) is 6.61 Å². The third-order valence-corrected chi connectivity index (χ3v) is 2.58. The summed E-state index contributed by atoms with van der Waals surface area (Å²) in [5.74, 6) is -2.81. The van der Waals surface area contributed by atoms with Crippen molar-refractivity contribution >= 4 is 0 Å². The minimum absolute atomic E-state index is 0.0588. The molecular weight excluding hydrogens is 210 g/mol. The zero-order valence-electron chi connectivity index (χ0n) is 10.2. The van der Waals surface area contributed by atoms with Gasteiger partial charge in [-0.25, -0.2) is 8.78 Å². The normalized spacial score (nSPS) is 11.9. The van der Waals surface area contributed by atoms with Crippen molar-refractivity contribution in [2.45, 2.75) is 33.6 Å². The molecule has 1 nitrogen and oxygen atoms in total. The highest BCUT2D eigenvalue weighted by atomic mass is 19.3. The third kappa shape index (κ3) is 2.52. The van der Waals surface area contributed by atoms with E-state index in [1.165, 1.54) is 26.0 Å². The standard InChI is InChI=1S/C13H18F2O/c1-5-16-12-7-6-11(8-10(12)4)13(14,15)9(2)3/h6-9H,5H2,1-4H3. The van der Waals surface area contributed by atoms with Crippen LogP contribution in [0.15, 0.2) is 18.2 Å². The summed E-state index contributed by atoms with van der Waals surface area (Å²) in [5, 5.41) is 0. The maximum Gasteiger partial charge on any atom is 0.275 e. The summed E-state index contributed by atoms with van der Waals surface area (Å²) in [4.78, 5) is 0. The van der Waals surface area contributed by atoms with E-state index in [9.17, 15) is 8.78 Å². The lowest BCUT2D eigenvalue weighted by atomic mass is 9.96. The van der Waals surface area contributed by atoms with Crippen molar-refractivity contribution < 1.29 is 13.5 Å². The Labute approximate surface area is 95.4 Å². The van der Waals surface area contributed by atoms with E-state index < -0.39 is 11.8 Å². The van der Waals surface area contributed by atoms with E-state index in [0.717, 1.165) is 5.56 Å². The van der Waals surface area contributed by atoms with Gasteiger partial charge in [0.2, 0.25) is 0 Å². The Hall–Kier alpha value is -1.12. The molecule has 0 fully saturated rings. The Bertz CT molecular complexity index is 359. The molecular formula is C13H18F2O. The summed E-state index contributed by atoms with van der Waals surface area (Å²) < 4.78 is 32.8. The fourth-order valence-electron chi connectivity index (χ4n) is 1.51. The van der Waals surface area contributed by atoms with Crippen molar-refractivity contribution in [3.8, 4) is 5.75 Å². The Morgan fingerprint density at radius 3 is 2.38 bits per heavy atom. The van der Waals surface area contributed by atoms with Crippen molar-refractivity contribution in [1.82, 2.24) is 0 Å². The van der Waals surface area contributed by atoms with Gasteiger partial charge in [0, 0.05) is 11.5 Å². The number of hydrogen-bond acceptors (Lipinski definition) is 1. The molecule has 0 aliphatic rings. The highest BCUT2D eigenvalue weighted by Gasteiger charge is 2.35. The van der Waals surface area contributed by atoms with Crippen LogP contribution in [0.25, 0.3) is 0 Å². The monoisotopic (exact) mass is 228 g/mol. The van der Waals surface area contributed by atoms with Gasteiger partial charge in [0.1, 0.15) is 5.75 Å². The molecule has 90 valence electrons. The molecule has 0 spiro atoms. The van der Waals surface area contributed by atoms with Gasteiger partial charge in [-0.3, -0.25) is 0 Å². The summed E-state index contributed by atoms with van der Waals surface area (Å²) in [6.07, 6.45) is 0. The summed E-state index contributed by atoms with van der Waals surface area (Å²) in [7, 11) is 0. The number of rotatable bonds is 4. The van der Waals surface area contributed by atoms with Crippen molar-refractivity contribution in [3.05, 3.63) is 29.3 Å². The fraction of sp³-hybridized carbons (Fsp3) is 0.538. The van der Waals surface area contributed by atoms with E-state index in [4.69, 9.17) is 4.74 Å². The number of hydrogen-bond donors (Lipinski definition) is 0. The molecule has 0 aromatic heterocycles. The van der Waals surface area contributed by atoms with Crippen molar-refractivity contribution in [2.75, 3.05) is 6.61 Å². The molecule has 1 rings (SSSR count). The highest BCUT2D eigenvalue weighted by Crippen LogP contribution is 2.37. The van der Waals surface area contributed by atoms with Crippen LogP contribution >= 0.6 is 0 Å². The SMILES string of the molecule is CCOc1ccc(C(F)(F)C(C)C)cc1C. The van der Waals surface area contributed by atoms with E-state index >= 15 is 0 Å². The van der Waals surface area contributed by atoms with Crippen LogP contribution in [-0.2, 0) is 5.92 Å². The predicted molar refractivity (Wildman–Crippen MR) is 61.1 cm³/mol. The molecule has 0 atom stereocenters. The minimum Gasteiger partial charge on any atom is -0.494 e. The molecule has 0 saturated carbocycles. The van der Waals surface area contributed by atoms with Gasteiger partial charge in [0.15, 0.2) is 0 Å². The van der Waals surface area contributed by atoms with Crippen molar-refractivity contribution in [2.24, 2.45) is 5.92 Å². The first-order valence-electron chi connectivity index (χ1n) is 5.51. The lowest BCUT2D eigenvalue weighted by Crippen LogP contribution is -2.21. The maximum atomic E-state index is 13.7. The smallest absolute Gasteiger partial charge is 0.275 e. The highest BCUT2D eigenvalue weighted by molar-refractivity contribution is 5.38. The average Bonchev–Trinajstić information content (AvgIpc) is 2.21. The molecule has 0 aliphatic carbocycles. The maximum absolute atomic E-state index is 13.7. The molecule has 0 N–H and O–H groups in total. The van der Waals surface area contributed by atoms with Gasteiger partial charge in [-0.1, -0.05) is 13.8 Å². The van der Waals surface area contributed by atoms with E-state index in [1.807, 2.05) is 6.92 Å². The van der Waals surface area contributed by atoms with Crippen LogP contribution < -0.4 is 4.74 Å². The number of alkyl halides is 2. The lowest BCUT2D eigenvalue weighted by molar-refractivity contribution is -0.0514. The van der Waals surface area contributed by atoms with Crippen molar-refractivity contribution in [3.63, 3.8) is 0 Å². The van der Waals surface area contributed by atoms with Crippen LogP contribution in [0.2, 0.25) is 0 Å². The van der Waals surface area contributed by atoms with Crippen LogP contribution in [0.3, 0.4) is 0 Å². The van der Waals surface area contributed by atoms with Crippen LogP contribution in [-0.4, -0.2) is 6.61 Å². The van der Waals surface area contributed by atoms with Gasteiger partial charge in [-0.15, -0.1) is 0 Å². The van der Waals surface area contributed by atoms with Gasteiger partial charge in [0.25, 0.3) is 5.92 Å². The molecule has 0 unspecified atom stereocenters. The molecule has 0 saturated heterocycles. The first kappa shape index (κ1) is 12.9. The van der Waals surface area contributed by atoms with Gasteiger partial charge in [-0.2, -0.15) is 0 Å². The molecule has 1 aromatic carbocycles. The quantitative estimate of drug-likeness (QED) is 0.752. The van der Waals surface area contributed by atoms with Crippen molar-refractivity contribution in [1.29, 1.82) is 0 Å². The Morgan fingerprint density at radius 2 is 1.94 bits per heavy atom. The summed E-state index contributed by atoms with van der Waals surface area (Å²) >= 11 is 0. The fourth-order valence-corrected chi connectivity index (χ4v) is 1.51. The van der Waals surface area contributed by atoms with E-state index in [1.54, 1.807) is 13.0 Å². The second-order valence-electron chi connectivity index (χ2n) is 4.19. The summed E-state index contributed by atoms with van der Waals surface area (Å²) in [6.45, 7) is 7.24. The molecule has 0 radical (unpaired) electrons. The number of ether oxygens (including phenoxy) is 1. The van der Waals surface area contributed by atoms with Gasteiger partial charge < -0.3 is 4.74 Å². The zero-order chi connectivity index (χ0) is 12.3.